The molecule has 2 aromatic heterocycles. The zero-order chi connectivity index (χ0) is 26.6. The van der Waals surface area contributed by atoms with Gasteiger partial charge >= 0.3 is 6.18 Å². The number of carbonyl (C=O) groups excluding carboxylic acids is 2. The normalized spacial score (nSPS) is 11.6. The zero-order valence-corrected chi connectivity index (χ0v) is 19.2. The van der Waals surface area contributed by atoms with Crippen LogP contribution in [-0.2, 0) is 6.54 Å². The third-order valence-corrected chi connectivity index (χ3v) is 4.94. The number of pyridine rings is 1. The summed E-state index contributed by atoms with van der Waals surface area (Å²) in [6.07, 6.45) is -3.01. The number of anilines is 1. The fourth-order valence-corrected chi connectivity index (χ4v) is 3.28. The average molecular weight is 520 g/mol. The molecule has 1 amide bonds. The molecular formula is C21H17ClF3N9O2. The van der Waals surface area contributed by atoms with E-state index in [9.17, 15) is 22.8 Å². The maximum Gasteiger partial charge on any atom is 0.450 e. The van der Waals surface area contributed by atoms with Gasteiger partial charge in [-0.15, -0.1) is 5.10 Å². The number of nitrogens with zero attached hydrogens (tertiary/aromatic N) is 6. The van der Waals surface area contributed by atoms with Crippen molar-refractivity contribution in [3.05, 3.63) is 69.6 Å². The summed E-state index contributed by atoms with van der Waals surface area (Å²) >= 11 is 6.21. The highest BCUT2D eigenvalue weighted by Gasteiger charge is 2.34. The second-order valence-corrected chi connectivity index (χ2v) is 7.67. The lowest BCUT2D eigenvalue weighted by molar-refractivity contribution is -0.0615. The Bertz CT molecular complexity index is 1400. The van der Waals surface area contributed by atoms with Gasteiger partial charge in [0.2, 0.25) is 5.84 Å². The van der Waals surface area contributed by atoms with E-state index in [1.807, 2.05) is 6.07 Å². The minimum absolute atomic E-state index is 0.0234. The van der Waals surface area contributed by atoms with E-state index >= 15 is 0 Å². The molecule has 0 bridgehead atoms. The van der Waals surface area contributed by atoms with Crippen molar-refractivity contribution in [2.24, 2.45) is 16.7 Å². The number of amidine groups is 1. The lowest BCUT2D eigenvalue weighted by atomic mass is 10.0. The van der Waals surface area contributed by atoms with Crippen LogP contribution in [0.2, 0.25) is 5.02 Å². The number of aromatic nitrogens is 3. The van der Waals surface area contributed by atoms with Crippen molar-refractivity contribution < 1.29 is 22.8 Å². The quantitative estimate of drug-likeness (QED) is 0.141. The number of amides is 1. The Morgan fingerprint density at radius 1 is 1.39 bits per heavy atom. The monoisotopic (exact) mass is 519 g/mol. The fourth-order valence-electron chi connectivity index (χ4n) is 3.08. The summed E-state index contributed by atoms with van der Waals surface area (Å²) < 4.78 is 39.0. The van der Waals surface area contributed by atoms with Crippen molar-refractivity contribution in [2.45, 2.75) is 19.6 Å². The molecule has 3 aromatic rings. The van der Waals surface area contributed by atoms with Crippen LogP contribution in [0.15, 0.2) is 41.6 Å². The van der Waals surface area contributed by atoms with Crippen molar-refractivity contribution >= 4 is 35.3 Å². The maximum absolute atomic E-state index is 13.2. The van der Waals surface area contributed by atoms with Gasteiger partial charge in [-0.1, -0.05) is 11.6 Å². The molecule has 0 unspecified atom stereocenters. The van der Waals surface area contributed by atoms with E-state index in [0.717, 1.165) is 4.68 Å². The SMILES string of the molecule is Cc1cc(C#N)cc(C=O)c1NC(=O)c1cc(CN(N)/N=C(\N)C(F)(F)F)nn1-c1ncccc1Cl. The predicted octanol–water partition coefficient (Wildman–Crippen LogP) is 2.68. The van der Waals surface area contributed by atoms with Crippen LogP contribution in [-0.4, -0.2) is 44.1 Å². The Labute approximate surface area is 206 Å². The van der Waals surface area contributed by atoms with Crippen LogP contribution in [0.3, 0.4) is 0 Å². The molecule has 5 N–H and O–H groups in total. The Balaban J connectivity index is 2.03. The second-order valence-electron chi connectivity index (χ2n) is 7.26. The van der Waals surface area contributed by atoms with E-state index in [0.29, 0.717) is 17.0 Å². The number of nitrogens with two attached hydrogens (primary N) is 2. The summed E-state index contributed by atoms with van der Waals surface area (Å²) in [7, 11) is 0. The van der Waals surface area contributed by atoms with Gasteiger partial charge in [0.05, 0.1) is 34.6 Å². The van der Waals surface area contributed by atoms with E-state index in [1.165, 1.54) is 30.5 Å². The van der Waals surface area contributed by atoms with Crippen LogP contribution in [0.5, 0.6) is 0 Å². The number of halogens is 4. The molecule has 186 valence electrons. The van der Waals surface area contributed by atoms with E-state index in [4.69, 9.17) is 28.4 Å². The Kier molecular flexibility index (Phi) is 7.56. The zero-order valence-electron chi connectivity index (χ0n) is 18.4. The molecule has 0 aliphatic rings. The van der Waals surface area contributed by atoms with E-state index in [1.54, 1.807) is 13.0 Å². The molecule has 0 atom stereocenters. The van der Waals surface area contributed by atoms with Crippen molar-refractivity contribution in [3.8, 4) is 11.9 Å². The van der Waals surface area contributed by atoms with E-state index in [2.05, 4.69) is 20.5 Å². The summed E-state index contributed by atoms with van der Waals surface area (Å²) in [6.45, 7) is 1.13. The summed E-state index contributed by atoms with van der Waals surface area (Å²) in [4.78, 5) is 28.9. The van der Waals surface area contributed by atoms with Gasteiger partial charge in [-0.05, 0) is 42.8 Å². The molecule has 11 nitrogen and oxygen atoms in total. The summed E-state index contributed by atoms with van der Waals surface area (Å²) in [5, 5.41) is 19.5. The highest BCUT2D eigenvalue weighted by atomic mass is 35.5. The highest BCUT2D eigenvalue weighted by Crippen LogP contribution is 2.25. The summed E-state index contributed by atoms with van der Waals surface area (Å²) in [5.41, 5.74) is 5.66. The van der Waals surface area contributed by atoms with Crippen LogP contribution >= 0.6 is 11.6 Å². The number of hydrazine groups is 1. The molecule has 0 radical (unpaired) electrons. The number of nitriles is 1. The molecule has 2 heterocycles. The van der Waals surface area contributed by atoms with Gasteiger partial charge < -0.3 is 11.1 Å². The third kappa shape index (κ3) is 5.77. The number of hydrogen-bond acceptors (Lipinski definition) is 8. The van der Waals surface area contributed by atoms with Gasteiger partial charge in [-0.3, -0.25) is 9.59 Å². The summed E-state index contributed by atoms with van der Waals surface area (Å²) in [6, 6.07) is 8.98. The first kappa shape index (κ1) is 26.1. The van der Waals surface area contributed by atoms with Crippen LogP contribution in [0.4, 0.5) is 18.9 Å². The van der Waals surface area contributed by atoms with Crippen molar-refractivity contribution in [3.63, 3.8) is 0 Å². The maximum atomic E-state index is 13.2. The number of alkyl halides is 3. The fraction of sp³-hybridized carbons (Fsp3) is 0.143. The molecule has 15 heteroatoms. The first-order valence-corrected chi connectivity index (χ1v) is 10.3. The van der Waals surface area contributed by atoms with Crippen molar-refractivity contribution in [1.82, 2.24) is 19.9 Å². The largest absolute Gasteiger partial charge is 0.450 e. The number of hydrazone groups is 1. The first-order chi connectivity index (χ1) is 16.9. The molecule has 0 spiro atoms. The number of aryl methyl sites for hydroxylation is 1. The minimum atomic E-state index is -4.89. The standard InChI is InChI=1S/C21H17ClF3N9O2/c1-11-5-12(8-26)6-13(10-35)17(11)30-19(36)16-7-14(9-33(28)32-20(27)21(23,24)25)31-34(16)18-15(22)3-2-4-29-18/h2-7,10H,9,28H2,1H3,(H2,27,32)(H,30,36). The average Bonchev–Trinajstić information content (AvgIpc) is 3.23. The van der Waals surface area contributed by atoms with Crippen LogP contribution < -0.4 is 16.9 Å². The number of carbonyl (C=O) groups is 2. The van der Waals surface area contributed by atoms with Crippen LogP contribution in [0.1, 0.15) is 37.7 Å². The second kappa shape index (κ2) is 10.4. The smallest absolute Gasteiger partial charge is 0.378 e. The molecule has 0 aliphatic carbocycles. The molecule has 0 fully saturated rings. The number of benzene rings is 1. The lowest BCUT2D eigenvalue weighted by Crippen LogP contribution is -2.36. The topological polar surface area (TPSA) is 168 Å². The lowest BCUT2D eigenvalue weighted by Gasteiger charge is -2.13. The predicted molar refractivity (Wildman–Crippen MR) is 123 cm³/mol. The molecular weight excluding hydrogens is 503 g/mol. The molecule has 0 saturated carbocycles. The number of rotatable bonds is 7. The van der Waals surface area contributed by atoms with Gasteiger partial charge in [0.1, 0.15) is 5.69 Å². The molecule has 0 saturated heterocycles. The highest BCUT2D eigenvalue weighted by molar-refractivity contribution is 6.32. The summed E-state index contributed by atoms with van der Waals surface area (Å²) in [5.74, 6) is 3.14. The van der Waals surface area contributed by atoms with Crippen LogP contribution in [0.25, 0.3) is 5.82 Å². The van der Waals surface area contributed by atoms with Gasteiger partial charge in [-0.25, -0.2) is 20.6 Å². The Hall–Kier alpha value is -4.48. The van der Waals surface area contributed by atoms with E-state index < -0.39 is 24.5 Å². The van der Waals surface area contributed by atoms with Gasteiger partial charge in [-0.2, -0.15) is 23.5 Å². The number of nitrogens with one attached hydrogen (secondary N) is 1. The third-order valence-electron chi connectivity index (χ3n) is 4.64. The van der Waals surface area contributed by atoms with Gasteiger partial charge in [0.15, 0.2) is 12.1 Å². The van der Waals surface area contributed by atoms with Crippen molar-refractivity contribution in [1.29, 1.82) is 5.26 Å². The Morgan fingerprint density at radius 2 is 2.11 bits per heavy atom. The molecule has 0 aliphatic heterocycles. The van der Waals surface area contributed by atoms with Gasteiger partial charge in [0.25, 0.3) is 5.91 Å². The first-order valence-electron chi connectivity index (χ1n) is 9.89. The van der Waals surface area contributed by atoms with Crippen molar-refractivity contribution in [2.75, 3.05) is 5.32 Å². The molecule has 3 rings (SSSR count). The van der Waals surface area contributed by atoms with Crippen LogP contribution in [0, 0.1) is 18.3 Å². The number of aldehydes is 1. The van der Waals surface area contributed by atoms with Gasteiger partial charge in [0, 0.05) is 11.8 Å². The Morgan fingerprint density at radius 3 is 2.72 bits per heavy atom. The molecule has 36 heavy (non-hydrogen) atoms. The minimum Gasteiger partial charge on any atom is -0.378 e. The van der Waals surface area contributed by atoms with E-state index in [-0.39, 0.29) is 39.0 Å². The molecule has 1 aromatic carbocycles. The number of hydrogen-bond donors (Lipinski definition) is 3.